The van der Waals surface area contributed by atoms with Crippen LogP contribution in [0.2, 0.25) is 0 Å². The van der Waals surface area contributed by atoms with E-state index in [4.69, 9.17) is 12.2 Å². The fourth-order valence-electron chi connectivity index (χ4n) is 4.74. The van der Waals surface area contributed by atoms with Gasteiger partial charge in [-0.2, -0.15) is 0 Å². The van der Waals surface area contributed by atoms with Gasteiger partial charge in [0, 0.05) is 30.4 Å². The Morgan fingerprint density at radius 2 is 1.67 bits per heavy atom. The summed E-state index contributed by atoms with van der Waals surface area (Å²) in [5.41, 5.74) is 3.86. The molecule has 0 spiro atoms. The van der Waals surface area contributed by atoms with E-state index in [2.05, 4.69) is 77.1 Å². The number of benzene rings is 2. The molecule has 0 amide bonds. The van der Waals surface area contributed by atoms with Gasteiger partial charge in [-0.3, -0.25) is 4.90 Å². The van der Waals surface area contributed by atoms with Crippen LogP contribution >= 0.6 is 12.2 Å². The first-order valence-corrected chi connectivity index (χ1v) is 10.6. The molecule has 0 radical (unpaired) electrons. The quantitative estimate of drug-likeness (QED) is 0.735. The molecule has 4 rings (SSSR count). The minimum atomic E-state index is 0.475. The average Bonchev–Trinajstić information content (AvgIpc) is 2.91. The summed E-state index contributed by atoms with van der Waals surface area (Å²) in [6.45, 7) is 3.26. The second kappa shape index (κ2) is 8.41. The van der Waals surface area contributed by atoms with Crippen molar-refractivity contribution in [1.29, 1.82) is 0 Å². The molecule has 2 aliphatic heterocycles. The molecule has 0 saturated carbocycles. The van der Waals surface area contributed by atoms with Crippen LogP contribution in [0.3, 0.4) is 0 Å². The van der Waals surface area contributed by atoms with Gasteiger partial charge in [-0.05, 0) is 61.5 Å². The lowest BCUT2D eigenvalue weighted by Gasteiger charge is -2.39. The summed E-state index contributed by atoms with van der Waals surface area (Å²) in [6, 6.07) is 21.1. The van der Waals surface area contributed by atoms with E-state index in [0.29, 0.717) is 18.1 Å². The van der Waals surface area contributed by atoms with Crippen molar-refractivity contribution in [2.24, 2.45) is 0 Å². The van der Waals surface area contributed by atoms with E-state index in [0.717, 1.165) is 23.8 Å². The molecule has 2 saturated heterocycles. The molecular formula is C23H29N3S. The van der Waals surface area contributed by atoms with Crippen LogP contribution < -0.4 is 10.6 Å². The average molecular weight is 380 g/mol. The molecule has 0 aromatic heterocycles. The fraction of sp³-hybridized carbons (Fsp3) is 0.435. The first-order chi connectivity index (χ1) is 13.2. The highest BCUT2D eigenvalue weighted by Crippen LogP contribution is 2.36. The number of nitrogens with zero attached hydrogens (tertiary/aromatic N) is 1. The van der Waals surface area contributed by atoms with E-state index >= 15 is 0 Å². The van der Waals surface area contributed by atoms with E-state index < -0.39 is 0 Å². The van der Waals surface area contributed by atoms with Crippen molar-refractivity contribution in [2.45, 2.75) is 63.7 Å². The third-order valence-corrected chi connectivity index (χ3v) is 6.29. The highest BCUT2D eigenvalue weighted by Gasteiger charge is 2.40. The highest BCUT2D eigenvalue weighted by atomic mass is 32.1. The number of rotatable bonds is 5. The summed E-state index contributed by atoms with van der Waals surface area (Å²) < 4.78 is 0. The lowest BCUT2D eigenvalue weighted by Crippen LogP contribution is -2.50. The largest absolute Gasteiger partial charge is 0.360 e. The Labute approximate surface area is 168 Å². The third-order valence-electron chi connectivity index (χ3n) is 6.07. The zero-order chi connectivity index (χ0) is 18.6. The summed E-state index contributed by atoms with van der Waals surface area (Å²) in [6.07, 6.45) is 6.00. The third kappa shape index (κ3) is 4.33. The Morgan fingerprint density at radius 1 is 1.00 bits per heavy atom. The van der Waals surface area contributed by atoms with Gasteiger partial charge in [0.2, 0.25) is 0 Å². The highest BCUT2D eigenvalue weighted by molar-refractivity contribution is 7.80. The number of para-hydroxylation sites is 1. The first kappa shape index (κ1) is 18.5. The molecule has 3 nitrogen and oxygen atoms in total. The van der Waals surface area contributed by atoms with Crippen molar-refractivity contribution in [2.75, 3.05) is 5.32 Å². The summed E-state index contributed by atoms with van der Waals surface area (Å²) in [7, 11) is 0. The van der Waals surface area contributed by atoms with Crippen molar-refractivity contribution >= 4 is 23.0 Å². The molecule has 2 atom stereocenters. The van der Waals surface area contributed by atoms with Gasteiger partial charge >= 0.3 is 0 Å². The molecule has 2 aromatic rings. The molecule has 27 heavy (non-hydrogen) atoms. The van der Waals surface area contributed by atoms with Gasteiger partial charge in [-0.15, -0.1) is 0 Å². The van der Waals surface area contributed by atoms with Crippen molar-refractivity contribution in [3.63, 3.8) is 0 Å². The smallest absolute Gasteiger partial charge is 0.171 e. The molecule has 2 unspecified atom stereocenters. The molecule has 2 bridgehead atoms. The number of anilines is 1. The Bertz CT molecular complexity index is 762. The van der Waals surface area contributed by atoms with Gasteiger partial charge in [0.1, 0.15) is 0 Å². The summed E-state index contributed by atoms with van der Waals surface area (Å²) in [5, 5.41) is 7.78. The number of nitrogens with one attached hydrogen (secondary N) is 2. The van der Waals surface area contributed by atoms with Gasteiger partial charge in [0.15, 0.2) is 5.11 Å². The SMILES string of the molecule is CCc1ccccc1NC(=S)NC1CC2CCC(C1)N2Cc1ccccc1. The van der Waals surface area contributed by atoms with Crippen molar-refractivity contribution < 1.29 is 0 Å². The van der Waals surface area contributed by atoms with E-state index in [1.165, 1.54) is 36.8 Å². The van der Waals surface area contributed by atoms with Crippen LogP contribution in [0.5, 0.6) is 0 Å². The van der Waals surface area contributed by atoms with Crippen LogP contribution in [-0.4, -0.2) is 28.1 Å². The number of piperidine rings is 1. The molecule has 4 heteroatoms. The van der Waals surface area contributed by atoms with Gasteiger partial charge in [-0.1, -0.05) is 55.5 Å². The Balaban J connectivity index is 1.34. The maximum atomic E-state index is 5.62. The van der Waals surface area contributed by atoms with Crippen LogP contribution in [0, 0.1) is 0 Å². The standard InChI is InChI=1S/C23H29N3S/c1-2-18-10-6-7-11-22(18)25-23(27)24-19-14-20-12-13-21(15-19)26(20)16-17-8-4-3-5-9-17/h3-11,19-21H,2,12-16H2,1H3,(H2,24,25,27). The van der Waals surface area contributed by atoms with Crippen LogP contribution in [0.15, 0.2) is 54.6 Å². The summed E-state index contributed by atoms with van der Waals surface area (Å²) in [5.74, 6) is 0. The Hall–Kier alpha value is -1.91. The molecule has 2 aliphatic rings. The zero-order valence-electron chi connectivity index (χ0n) is 16.0. The number of aryl methyl sites for hydroxylation is 1. The van der Waals surface area contributed by atoms with Crippen LogP contribution in [0.1, 0.15) is 43.7 Å². The maximum absolute atomic E-state index is 5.62. The zero-order valence-corrected chi connectivity index (χ0v) is 16.8. The van der Waals surface area contributed by atoms with Gasteiger partial charge < -0.3 is 10.6 Å². The molecule has 0 aliphatic carbocycles. The predicted octanol–water partition coefficient (Wildman–Crippen LogP) is 4.73. The van der Waals surface area contributed by atoms with Crippen LogP contribution in [0.4, 0.5) is 5.69 Å². The van der Waals surface area contributed by atoms with E-state index in [1.54, 1.807) is 0 Å². The minimum absolute atomic E-state index is 0.475. The van der Waals surface area contributed by atoms with Crippen LogP contribution in [0.25, 0.3) is 0 Å². The predicted molar refractivity (Wildman–Crippen MR) is 117 cm³/mol. The molecule has 2 heterocycles. The van der Waals surface area contributed by atoms with E-state index in [9.17, 15) is 0 Å². The number of thiocarbonyl (C=S) groups is 1. The van der Waals surface area contributed by atoms with Gasteiger partial charge in [0.05, 0.1) is 0 Å². The lowest BCUT2D eigenvalue weighted by molar-refractivity contribution is 0.115. The number of fused-ring (bicyclic) bond motifs is 2. The first-order valence-electron chi connectivity index (χ1n) is 10.2. The maximum Gasteiger partial charge on any atom is 0.171 e. The number of hydrogen-bond donors (Lipinski definition) is 2. The molecule has 142 valence electrons. The summed E-state index contributed by atoms with van der Waals surface area (Å²) >= 11 is 5.62. The normalized spacial score (nSPS) is 24.6. The molecular weight excluding hydrogens is 350 g/mol. The molecule has 2 N–H and O–H groups in total. The van der Waals surface area contributed by atoms with Crippen LogP contribution in [-0.2, 0) is 13.0 Å². The minimum Gasteiger partial charge on any atom is -0.360 e. The second-order valence-electron chi connectivity index (χ2n) is 7.82. The fourth-order valence-corrected chi connectivity index (χ4v) is 5.02. The van der Waals surface area contributed by atoms with Crippen molar-refractivity contribution in [3.8, 4) is 0 Å². The second-order valence-corrected chi connectivity index (χ2v) is 8.23. The monoisotopic (exact) mass is 379 g/mol. The van der Waals surface area contributed by atoms with Gasteiger partial charge in [-0.25, -0.2) is 0 Å². The van der Waals surface area contributed by atoms with Crippen molar-refractivity contribution in [3.05, 3.63) is 65.7 Å². The summed E-state index contributed by atoms with van der Waals surface area (Å²) in [4.78, 5) is 2.72. The van der Waals surface area contributed by atoms with E-state index in [1.807, 2.05) is 0 Å². The molecule has 2 aromatic carbocycles. The lowest BCUT2D eigenvalue weighted by atomic mass is 9.96. The van der Waals surface area contributed by atoms with Gasteiger partial charge in [0.25, 0.3) is 0 Å². The molecule has 2 fully saturated rings. The topological polar surface area (TPSA) is 27.3 Å². The van der Waals surface area contributed by atoms with E-state index in [-0.39, 0.29) is 0 Å². The number of hydrogen-bond acceptors (Lipinski definition) is 2. The Kier molecular flexibility index (Phi) is 5.74. The Morgan fingerprint density at radius 3 is 2.37 bits per heavy atom. The van der Waals surface area contributed by atoms with Crippen molar-refractivity contribution in [1.82, 2.24) is 10.2 Å².